The second kappa shape index (κ2) is 7.02. The van der Waals surface area contributed by atoms with Crippen LogP contribution in [0.15, 0.2) is 30.6 Å². The molecule has 138 valence electrons. The minimum atomic E-state index is -0.112. The molecule has 2 aliphatic rings. The smallest absolute Gasteiger partial charge is 0.229 e. The van der Waals surface area contributed by atoms with Gasteiger partial charge in [-0.2, -0.15) is 0 Å². The molecule has 3 heterocycles. The van der Waals surface area contributed by atoms with E-state index in [0.29, 0.717) is 18.9 Å². The van der Waals surface area contributed by atoms with E-state index in [1.54, 1.807) is 7.11 Å². The molecule has 1 atom stereocenters. The number of nitrogens with zero attached hydrogens (tertiary/aromatic N) is 3. The number of aromatic nitrogens is 2. The van der Waals surface area contributed by atoms with Crippen LogP contribution in [-0.2, 0) is 18.3 Å². The summed E-state index contributed by atoms with van der Waals surface area (Å²) in [4.78, 5) is 19.4. The zero-order chi connectivity index (χ0) is 18.1. The molecular weight excluding hydrogens is 330 g/mol. The molecule has 1 fully saturated rings. The van der Waals surface area contributed by atoms with Gasteiger partial charge in [0.2, 0.25) is 5.91 Å². The largest absolute Gasteiger partial charge is 0.493 e. The third kappa shape index (κ3) is 3.04. The molecule has 0 N–H and O–H groups in total. The lowest BCUT2D eigenvalue weighted by Crippen LogP contribution is -2.44. The Hall–Kier alpha value is -2.50. The highest BCUT2D eigenvalue weighted by atomic mass is 16.5. The van der Waals surface area contributed by atoms with Crippen molar-refractivity contribution in [1.29, 1.82) is 0 Å². The lowest BCUT2D eigenvalue weighted by atomic mass is 9.92. The average Bonchev–Trinajstić information content (AvgIpc) is 3.12. The number of benzene rings is 1. The molecular formula is C20H25N3O3. The van der Waals surface area contributed by atoms with Crippen LogP contribution >= 0.6 is 0 Å². The number of fused-ring (bicyclic) bond motifs is 1. The van der Waals surface area contributed by atoms with Crippen molar-refractivity contribution >= 4 is 5.91 Å². The SMILES string of the molecule is COc1cccc2c1OC[C@@H](C(=O)N1CCC(c3nccn3C)CC1)C2. The first-order valence-electron chi connectivity index (χ1n) is 9.22. The van der Waals surface area contributed by atoms with Crippen LogP contribution in [0.2, 0.25) is 0 Å². The van der Waals surface area contributed by atoms with Gasteiger partial charge in [0, 0.05) is 38.4 Å². The standard InChI is InChI=1S/C20H25N3O3/c1-22-11-8-21-19(22)14-6-9-23(10-7-14)20(24)16-12-15-4-3-5-17(25-2)18(15)26-13-16/h3-5,8,11,14,16H,6-7,9-10,12-13H2,1-2H3/t16-/m0/s1. The Balaban J connectivity index is 1.39. The molecule has 0 aliphatic carbocycles. The molecule has 6 nitrogen and oxygen atoms in total. The van der Waals surface area contributed by atoms with Gasteiger partial charge in [0.1, 0.15) is 12.4 Å². The van der Waals surface area contributed by atoms with Crippen molar-refractivity contribution in [2.75, 3.05) is 26.8 Å². The highest BCUT2D eigenvalue weighted by Crippen LogP contribution is 2.37. The van der Waals surface area contributed by atoms with Gasteiger partial charge < -0.3 is 18.9 Å². The topological polar surface area (TPSA) is 56.6 Å². The second-order valence-electron chi connectivity index (χ2n) is 7.16. The van der Waals surface area contributed by atoms with Crippen molar-refractivity contribution in [2.24, 2.45) is 13.0 Å². The Kier molecular flexibility index (Phi) is 4.57. The third-order valence-corrected chi connectivity index (χ3v) is 5.56. The number of methoxy groups -OCH3 is 1. The number of hydrogen-bond acceptors (Lipinski definition) is 4. The number of rotatable bonds is 3. The highest BCUT2D eigenvalue weighted by molar-refractivity contribution is 5.80. The summed E-state index contributed by atoms with van der Waals surface area (Å²) in [5.74, 6) is 3.18. The fourth-order valence-corrected chi connectivity index (χ4v) is 4.10. The maximum atomic E-state index is 13.0. The Morgan fingerprint density at radius 1 is 1.31 bits per heavy atom. The summed E-state index contributed by atoms with van der Waals surface area (Å²) in [5.41, 5.74) is 1.05. The van der Waals surface area contributed by atoms with E-state index in [1.165, 1.54) is 0 Å². The van der Waals surface area contributed by atoms with Crippen LogP contribution in [0, 0.1) is 5.92 Å². The van der Waals surface area contributed by atoms with Gasteiger partial charge in [-0.05, 0) is 30.9 Å². The molecule has 2 aromatic rings. The van der Waals surface area contributed by atoms with E-state index in [1.807, 2.05) is 42.5 Å². The molecule has 26 heavy (non-hydrogen) atoms. The van der Waals surface area contributed by atoms with Gasteiger partial charge in [0.05, 0.1) is 13.0 Å². The zero-order valence-corrected chi connectivity index (χ0v) is 15.4. The number of carbonyl (C=O) groups excluding carboxylic acids is 1. The molecule has 1 saturated heterocycles. The zero-order valence-electron chi connectivity index (χ0n) is 15.4. The summed E-state index contributed by atoms with van der Waals surface area (Å²) in [6.45, 7) is 2.00. The van der Waals surface area contributed by atoms with E-state index in [-0.39, 0.29) is 11.8 Å². The van der Waals surface area contributed by atoms with Crippen LogP contribution in [0.5, 0.6) is 11.5 Å². The van der Waals surface area contributed by atoms with Gasteiger partial charge in [-0.3, -0.25) is 4.79 Å². The average molecular weight is 355 g/mol. The maximum absolute atomic E-state index is 13.0. The molecule has 1 aromatic heterocycles. The van der Waals surface area contributed by atoms with E-state index in [4.69, 9.17) is 9.47 Å². The number of imidazole rings is 1. The van der Waals surface area contributed by atoms with E-state index in [2.05, 4.69) is 9.55 Å². The van der Waals surface area contributed by atoms with Gasteiger partial charge >= 0.3 is 0 Å². The summed E-state index contributed by atoms with van der Waals surface area (Å²) < 4.78 is 13.3. The summed E-state index contributed by atoms with van der Waals surface area (Å²) >= 11 is 0. The van der Waals surface area contributed by atoms with Crippen molar-refractivity contribution in [3.8, 4) is 11.5 Å². The number of aryl methyl sites for hydroxylation is 1. The second-order valence-corrected chi connectivity index (χ2v) is 7.16. The first-order chi connectivity index (χ1) is 12.7. The number of piperidine rings is 1. The Morgan fingerprint density at radius 3 is 2.81 bits per heavy atom. The number of carbonyl (C=O) groups is 1. The lowest BCUT2D eigenvalue weighted by molar-refractivity contribution is -0.138. The van der Waals surface area contributed by atoms with E-state index in [0.717, 1.165) is 48.8 Å². The van der Waals surface area contributed by atoms with E-state index < -0.39 is 0 Å². The first kappa shape index (κ1) is 16.9. The van der Waals surface area contributed by atoms with Crippen LogP contribution in [0.25, 0.3) is 0 Å². The van der Waals surface area contributed by atoms with Crippen LogP contribution in [0.4, 0.5) is 0 Å². The highest BCUT2D eigenvalue weighted by Gasteiger charge is 2.33. The Morgan fingerprint density at radius 2 is 2.12 bits per heavy atom. The molecule has 0 bridgehead atoms. The summed E-state index contributed by atoms with van der Waals surface area (Å²) in [7, 11) is 3.67. The number of para-hydroxylation sites is 1. The molecule has 0 saturated carbocycles. The first-order valence-corrected chi connectivity index (χ1v) is 9.22. The molecule has 4 rings (SSSR count). The molecule has 0 spiro atoms. The van der Waals surface area contributed by atoms with Crippen molar-refractivity contribution < 1.29 is 14.3 Å². The quantitative estimate of drug-likeness (QED) is 0.848. The molecule has 6 heteroatoms. The normalized spacial score (nSPS) is 20.4. The van der Waals surface area contributed by atoms with Gasteiger partial charge in [0.15, 0.2) is 11.5 Å². The van der Waals surface area contributed by atoms with Crippen LogP contribution in [0.3, 0.4) is 0 Å². The summed E-state index contributed by atoms with van der Waals surface area (Å²) in [5, 5.41) is 0. The van der Waals surface area contributed by atoms with Crippen LogP contribution in [-0.4, -0.2) is 47.2 Å². The minimum absolute atomic E-state index is 0.112. The van der Waals surface area contributed by atoms with Crippen molar-refractivity contribution in [1.82, 2.24) is 14.5 Å². The molecule has 2 aliphatic heterocycles. The molecule has 0 radical (unpaired) electrons. The Labute approximate surface area is 153 Å². The van der Waals surface area contributed by atoms with Gasteiger partial charge in [-0.15, -0.1) is 0 Å². The third-order valence-electron chi connectivity index (χ3n) is 5.56. The molecule has 1 aromatic carbocycles. The molecule has 0 unspecified atom stereocenters. The summed E-state index contributed by atoms with van der Waals surface area (Å²) in [6, 6.07) is 5.86. The van der Waals surface area contributed by atoms with Gasteiger partial charge in [-0.25, -0.2) is 4.98 Å². The van der Waals surface area contributed by atoms with Crippen molar-refractivity contribution in [2.45, 2.75) is 25.2 Å². The predicted molar refractivity (Wildman–Crippen MR) is 97.4 cm³/mol. The Bertz CT molecular complexity index is 793. The number of amides is 1. The van der Waals surface area contributed by atoms with Gasteiger partial charge in [0.25, 0.3) is 0 Å². The summed E-state index contributed by atoms with van der Waals surface area (Å²) in [6.07, 6.45) is 6.48. The van der Waals surface area contributed by atoms with E-state index >= 15 is 0 Å². The maximum Gasteiger partial charge on any atom is 0.229 e. The fraction of sp³-hybridized carbons (Fsp3) is 0.500. The number of likely N-dealkylation sites (tertiary alicyclic amines) is 1. The van der Waals surface area contributed by atoms with Crippen LogP contribution < -0.4 is 9.47 Å². The number of hydrogen-bond donors (Lipinski definition) is 0. The van der Waals surface area contributed by atoms with Crippen LogP contribution in [0.1, 0.15) is 30.1 Å². The van der Waals surface area contributed by atoms with Crippen molar-refractivity contribution in [3.63, 3.8) is 0 Å². The fourth-order valence-electron chi connectivity index (χ4n) is 4.10. The predicted octanol–water partition coefficient (Wildman–Crippen LogP) is 2.39. The van der Waals surface area contributed by atoms with Gasteiger partial charge in [-0.1, -0.05) is 12.1 Å². The minimum Gasteiger partial charge on any atom is -0.493 e. The monoisotopic (exact) mass is 355 g/mol. The van der Waals surface area contributed by atoms with E-state index in [9.17, 15) is 4.79 Å². The lowest BCUT2D eigenvalue weighted by Gasteiger charge is -2.35. The van der Waals surface area contributed by atoms with Crippen molar-refractivity contribution in [3.05, 3.63) is 42.0 Å². The molecule has 1 amide bonds. The number of ether oxygens (including phenoxy) is 2.